The Morgan fingerprint density at radius 2 is 1.81 bits per heavy atom. The molecule has 0 fully saturated rings. The number of rotatable bonds is 5. The van der Waals surface area contributed by atoms with E-state index in [0.717, 1.165) is 22.6 Å². The molecule has 0 radical (unpaired) electrons. The number of nitrogens with zero attached hydrogens (tertiary/aromatic N) is 1. The Labute approximate surface area is 121 Å². The Balaban J connectivity index is 2.32. The normalized spacial score (nSPS) is 13.3. The maximum absolute atomic E-state index is 12.5. The predicted molar refractivity (Wildman–Crippen MR) is 73.0 cm³/mol. The molecule has 7 nitrogen and oxygen atoms in total. The second-order valence-corrected chi connectivity index (χ2v) is 4.82. The maximum Gasteiger partial charge on any atom is 0.323 e. The van der Waals surface area contributed by atoms with Crippen LogP contribution in [0.15, 0.2) is 18.2 Å². The van der Waals surface area contributed by atoms with E-state index in [4.69, 9.17) is 10.2 Å². The summed E-state index contributed by atoms with van der Waals surface area (Å²) in [7, 11) is 0. The maximum atomic E-state index is 12.5. The van der Waals surface area contributed by atoms with Crippen molar-refractivity contribution in [1.82, 2.24) is 10.2 Å². The Hall–Kier alpha value is -2.41. The average molecular weight is 292 g/mol. The van der Waals surface area contributed by atoms with E-state index in [1.165, 1.54) is 0 Å². The molecule has 0 saturated carbocycles. The van der Waals surface area contributed by atoms with Gasteiger partial charge in [0.15, 0.2) is 0 Å². The average Bonchev–Trinajstić information content (AvgIpc) is 2.44. The van der Waals surface area contributed by atoms with Crippen LogP contribution in [0.2, 0.25) is 0 Å². The summed E-state index contributed by atoms with van der Waals surface area (Å²) in [6.45, 7) is 0.115. The van der Waals surface area contributed by atoms with E-state index in [9.17, 15) is 14.4 Å². The predicted octanol–water partition coefficient (Wildman–Crippen LogP) is -0.0563. The van der Waals surface area contributed by atoms with Crippen LogP contribution in [0.5, 0.6) is 0 Å². The highest BCUT2D eigenvalue weighted by Gasteiger charge is 2.24. The molecule has 2 rings (SSSR count). The molecule has 0 saturated heterocycles. The third-order valence-corrected chi connectivity index (χ3v) is 3.31. The number of nitrogens with one attached hydrogen (secondary N) is 1. The van der Waals surface area contributed by atoms with Crippen molar-refractivity contribution in [2.45, 2.75) is 13.0 Å². The van der Waals surface area contributed by atoms with E-state index in [1.54, 1.807) is 12.1 Å². The van der Waals surface area contributed by atoms with Gasteiger partial charge < -0.3 is 20.4 Å². The Morgan fingerprint density at radius 1 is 1.14 bits per heavy atom. The SMILES string of the molecule is O=C(O)CN(CC(=O)O)C(=O)c1cccc2c1CCNC2. The van der Waals surface area contributed by atoms with Gasteiger partial charge in [-0.3, -0.25) is 14.4 Å². The summed E-state index contributed by atoms with van der Waals surface area (Å²) < 4.78 is 0. The Morgan fingerprint density at radius 3 is 2.43 bits per heavy atom. The lowest BCUT2D eigenvalue weighted by atomic mass is 9.95. The summed E-state index contributed by atoms with van der Waals surface area (Å²) in [5, 5.41) is 20.9. The number of carbonyl (C=O) groups excluding carboxylic acids is 1. The first kappa shape index (κ1) is 15.0. The molecule has 0 bridgehead atoms. The van der Waals surface area contributed by atoms with Crippen molar-refractivity contribution in [3.8, 4) is 0 Å². The first-order valence-electron chi connectivity index (χ1n) is 6.53. The highest BCUT2D eigenvalue weighted by atomic mass is 16.4. The Bertz CT molecular complexity index is 569. The lowest BCUT2D eigenvalue weighted by Crippen LogP contribution is -2.40. The topological polar surface area (TPSA) is 107 Å². The van der Waals surface area contributed by atoms with Gasteiger partial charge in [-0.05, 0) is 30.2 Å². The standard InChI is InChI=1S/C14H16N2O5/c17-12(18)7-16(8-13(19)20)14(21)11-3-1-2-9-6-15-5-4-10(9)11/h1-3,15H,4-8H2,(H,17,18)(H,19,20). The Kier molecular flexibility index (Phi) is 4.54. The van der Waals surface area contributed by atoms with Crippen LogP contribution < -0.4 is 5.32 Å². The molecular weight excluding hydrogens is 276 g/mol. The van der Waals surface area contributed by atoms with Gasteiger partial charge >= 0.3 is 11.9 Å². The molecular formula is C14H16N2O5. The van der Waals surface area contributed by atoms with Gasteiger partial charge in [-0.1, -0.05) is 12.1 Å². The molecule has 1 aromatic rings. The van der Waals surface area contributed by atoms with Crippen LogP contribution in [0.4, 0.5) is 0 Å². The van der Waals surface area contributed by atoms with Crippen molar-refractivity contribution in [3.63, 3.8) is 0 Å². The molecule has 1 aliphatic rings. The van der Waals surface area contributed by atoms with Crippen LogP contribution >= 0.6 is 0 Å². The molecule has 0 aromatic heterocycles. The molecule has 0 unspecified atom stereocenters. The van der Waals surface area contributed by atoms with Crippen molar-refractivity contribution in [1.29, 1.82) is 0 Å². The van der Waals surface area contributed by atoms with Gasteiger partial charge in [0.1, 0.15) is 13.1 Å². The van der Waals surface area contributed by atoms with Crippen LogP contribution in [0.25, 0.3) is 0 Å². The molecule has 1 heterocycles. The molecule has 0 spiro atoms. The van der Waals surface area contributed by atoms with Crippen molar-refractivity contribution >= 4 is 17.8 Å². The molecule has 0 atom stereocenters. The molecule has 7 heteroatoms. The summed E-state index contributed by atoms with van der Waals surface area (Å²) in [6, 6.07) is 5.24. The summed E-state index contributed by atoms with van der Waals surface area (Å²) in [5.74, 6) is -3.04. The van der Waals surface area contributed by atoms with Gasteiger partial charge in [-0.2, -0.15) is 0 Å². The number of hydrogen-bond acceptors (Lipinski definition) is 4. The summed E-state index contributed by atoms with van der Waals surface area (Å²) in [4.78, 5) is 34.9. The highest BCUT2D eigenvalue weighted by molar-refractivity contribution is 5.99. The molecule has 3 N–H and O–H groups in total. The van der Waals surface area contributed by atoms with E-state index in [-0.39, 0.29) is 0 Å². The monoisotopic (exact) mass is 292 g/mol. The van der Waals surface area contributed by atoms with Crippen LogP contribution in [-0.2, 0) is 22.6 Å². The van der Waals surface area contributed by atoms with E-state index in [2.05, 4.69) is 5.32 Å². The van der Waals surface area contributed by atoms with E-state index in [0.29, 0.717) is 18.5 Å². The van der Waals surface area contributed by atoms with Gasteiger partial charge in [0.2, 0.25) is 0 Å². The smallest absolute Gasteiger partial charge is 0.323 e. The third kappa shape index (κ3) is 3.57. The third-order valence-electron chi connectivity index (χ3n) is 3.31. The second kappa shape index (κ2) is 6.36. The van der Waals surface area contributed by atoms with Crippen LogP contribution in [0.3, 0.4) is 0 Å². The minimum Gasteiger partial charge on any atom is -0.480 e. The number of carboxylic acids is 2. The fraction of sp³-hybridized carbons (Fsp3) is 0.357. The first-order chi connectivity index (χ1) is 9.99. The molecule has 112 valence electrons. The molecule has 21 heavy (non-hydrogen) atoms. The van der Waals surface area contributed by atoms with Crippen LogP contribution in [-0.4, -0.2) is 52.6 Å². The largest absolute Gasteiger partial charge is 0.480 e. The lowest BCUT2D eigenvalue weighted by Gasteiger charge is -2.24. The van der Waals surface area contributed by atoms with Gasteiger partial charge in [0.25, 0.3) is 5.91 Å². The minimum absolute atomic E-state index is 0.386. The van der Waals surface area contributed by atoms with Gasteiger partial charge in [0.05, 0.1) is 0 Å². The first-order valence-corrected chi connectivity index (χ1v) is 6.53. The number of fused-ring (bicyclic) bond motifs is 1. The lowest BCUT2D eigenvalue weighted by molar-refractivity contribution is -0.140. The zero-order valence-electron chi connectivity index (χ0n) is 11.3. The van der Waals surface area contributed by atoms with Gasteiger partial charge in [-0.15, -0.1) is 0 Å². The van der Waals surface area contributed by atoms with E-state index < -0.39 is 30.9 Å². The zero-order chi connectivity index (χ0) is 15.4. The number of benzene rings is 1. The van der Waals surface area contributed by atoms with Crippen molar-refractivity contribution < 1.29 is 24.6 Å². The summed E-state index contributed by atoms with van der Waals surface area (Å²) in [5.41, 5.74) is 2.23. The molecule has 1 aromatic carbocycles. The number of hydrogen-bond donors (Lipinski definition) is 3. The zero-order valence-corrected chi connectivity index (χ0v) is 11.3. The van der Waals surface area contributed by atoms with Crippen molar-refractivity contribution in [2.75, 3.05) is 19.6 Å². The van der Waals surface area contributed by atoms with Crippen LogP contribution in [0, 0.1) is 0 Å². The van der Waals surface area contributed by atoms with Crippen molar-refractivity contribution in [3.05, 3.63) is 34.9 Å². The van der Waals surface area contributed by atoms with Crippen molar-refractivity contribution in [2.24, 2.45) is 0 Å². The van der Waals surface area contributed by atoms with E-state index >= 15 is 0 Å². The minimum atomic E-state index is -1.24. The second-order valence-electron chi connectivity index (χ2n) is 4.82. The number of aliphatic carboxylic acids is 2. The molecule has 1 aliphatic heterocycles. The van der Waals surface area contributed by atoms with Gasteiger partial charge in [-0.25, -0.2) is 0 Å². The fourth-order valence-electron chi connectivity index (χ4n) is 2.43. The quantitative estimate of drug-likeness (QED) is 0.702. The number of carboxylic acid groups (broad SMARTS) is 2. The number of amides is 1. The molecule has 1 amide bonds. The van der Waals surface area contributed by atoms with E-state index in [1.807, 2.05) is 6.07 Å². The number of carbonyl (C=O) groups is 3. The highest BCUT2D eigenvalue weighted by Crippen LogP contribution is 2.20. The molecule has 0 aliphatic carbocycles. The van der Waals surface area contributed by atoms with Crippen LogP contribution in [0.1, 0.15) is 21.5 Å². The summed E-state index contributed by atoms with van der Waals surface area (Å²) >= 11 is 0. The fourth-order valence-corrected chi connectivity index (χ4v) is 2.43. The van der Waals surface area contributed by atoms with Gasteiger partial charge in [0, 0.05) is 12.1 Å². The summed E-state index contributed by atoms with van der Waals surface area (Å²) in [6.07, 6.45) is 0.658.